The molecule has 196 valence electrons. The smallest absolute Gasteiger partial charge is 0.341 e. The molecule has 0 aromatic heterocycles. The van der Waals surface area contributed by atoms with Gasteiger partial charge >= 0.3 is 5.97 Å². The Morgan fingerprint density at radius 2 is 1.57 bits per heavy atom. The maximum Gasteiger partial charge on any atom is 0.341 e. The molecule has 0 radical (unpaired) electrons. The van der Waals surface area contributed by atoms with Crippen molar-refractivity contribution in [2.45, 2.75) is 58.8 Å². The zero-order valence-electron chi connectivity index (χ0n) is 22.4. The number of esters is 1. The first kappa shape index (κ1) is 28.0. The summed E-state index contributed by atoms with van der Waals surface area (Å²) in [6.07, 6.45) is 7.25. The van der Waals surface area contributed by atoms with Crippen molar-refractivity contribution in [1.82, 2.24) is 4.90 Å². The van der Waals surface area contributed by atoms with Crippen LogP contribution >= 0.6 is 0 Å². The van der Waals surface area contributed by atoms with E-state index in [0.29, 0.717) is 36.6 Å². The van der Waals surface area contributed by atoms with Crippen LogP contribution in [0.4, 0.5) is 0 Å². The Balaban J connectivity index is 1.57. The van der Waals surface area contributed by atoms with E-state index in [1.807, 2.05) is 42.3 Å². The molecule has 0 bridgehead atoms. The average Bonchev–Trinajstić information content (AvgIpc) is 2.92. The highest BCUT2D eigenvalue weighted by Crippen LogP contribution is 2.29. The van der Waals surface area contributed by atoms with Gasteiger partial charge in [0.2, 0.25) is 5.91 Å². The van der Waals surface area contributed by atoms with Gasteiger partial charge in [0, 0.05) is 20.0 Å². The Bertz CT molecular complexity index is 1140. The van der Waals surface area contributed by atoms with Crippen LogP contribution < -0.4 is 4.74 Å². The Labute approximate surface area is 221 Å². The van der Waals surface area contributed by atoms with Gasteiger partial charge in [0.05, 0.1) is 6.61 Å². The highest BCUT2D eigenvalue weighted by Gasteiger charge is 2.14. The number of benzene rings is 3. The molecule has 5 nitrogen and oxygen atoms in total. The van der Waals surface area contributed by atoms with Crippen LogP contribution in [-0.2, 0) is 16.0 Å². The second-order valence-electron chi connectivity index (χ2n) is 9.27. The Hall–Kier alpha value is -3.60. The van der Waals surface area contributed by atoms with Crippen molar-refractivity contribution in [3.8, 4) is 22.6 Å². The number of carbonyl (C=O) groups excluding carboxylic acids is 2. The maximum absolute atomic E-state index is 12.4. The maximum atomic E-state index is 12.4. The number of rotatable bonds is 14. The zero-order valence-corrected chi connectivity index (χ0v) is 22.4. The molecule has 0 spiro atoms. The monoisotopic (exact) mass is 501 g/mol. The second-order valence-corrected chi connectivity index (χ2v) is 9.27. The quantitative estimate of drug-likeness (QED) is 0.168. The fraction of sp³-hybridized carbons (Fsp3) is 0.375. The van der Waals surface area contributed by atoms with Crippen LogP contribution in [0.25, 0.3) is 11.1 Å². The van der Waals surface area contributed by atoms with Crippen molar-refractivity contribution >= 4 is 11.9 Å². The summed E-state index contributed by atoms with van der Waals surface area (Å²) in [7, 11) is 1.90. The number of para-hydroxylation sites is 1. The van der Waals surface area contributed by atoms with E-state index in [1.165, 1.54) is 24.8 Å². The van der Waals surface area contributed by atoms with Crippen LogP contribution in [0.2, 0.25) is 0 Å². The molecular weight excluding hydrogens is 462 g/mol. The lowest BCUT2D eigenvalue weighted by Gasteiger charge is -2.17. The lowest BCUT2D eigenvalue weighted by molar-refractivity contribution is -0.130. The number of nitrogens with zero attached hydrogens (tertiary/aromatic N) is 1. The fourth-order valence-electron chi connectivity index (χ4n) is 4.17. The number of carbonyl (C=O) groups is 2. The van der Waals surface area contributed by atoms with Gasteiger partial charge in [-0.15, -0.1) is 0 Å². The number of unbranched alkanes of at least 4 members (excludes halogenated alkanes) is 4. The van der Waals surface area contributed by atoms with E-state index < -0.39 is 5.97 Å². The first-order valence-corrected chi connectivity index (χ1v) is 13.4. The number of hydrogen-bond donors (Lipinski definition) is 0. The highest BCUT2D eigenvalue weighted by atomic mass is 16.5. The molecule has 0 unspecified atom stereocenters. The molecule has 0 aliphatic carbocycles. The topological polar surface area (TPSA) is 55.8 Å². The van der Waals surface area contributed by atoms with Crippen molar-refractivity contribution in [2.24, 2.45) is 0 Å². The Morgan fingerprint density at radius 1 is 0.811 bits per heavy atom. The Kier molecular flexibility index (Phi) is 11.2. The molecule has 0 fully saturated rings. The van der Waals surface area contributed by atoms with E-state index in [9.17, 15) is 9.59 Å². The lowest BCUT2D eigenvalue weighted by atomic mass is 10.0. The van der Waals surface area contributed by atoms with Crippen molar-refractivity contribution in [1.29, 1.82) is 0 Å². The minimum absolute atomic E-state index is 0.229. The van der Waals surface area contributed by atoms with Crippen LogP contribution in [0.1, 0.15) is 68.3 Å². The SMILES string of the molecule is CCCCCCCC(=O)N(C)CCc1cccc(-c2ccc(Oc3ccccc3C(=O)OCC)cc2)c1. The second kappa shape index (κ2) is 14.8. The minimum Gasteiger partial charge on any atom is -0.462 e. The van der Waals surface area contributed by atoms with Gasteiger partial charge < -0.3 is 14.4 Å². The number of ether oxygens (including phenoxy) is 2. The van der Waals surface area contributed by atoms with Gasteiger partial charge in [-0.25, -0.2) is 4.79 Å². The summed E-state index contributed by atoms with van der Waals surface area (Å²) >= 11 is 0. The lowest BCUT2D eigenvalue weighted by Crippen LogP contribution is -2.28. The molecule has 37 heavy (non-hydrogen) atoms. The molecule has 3 rings (SSSR count). The van der Waals surface area contributed by atoms with E-state index in [2.05, 4.69) is 31.2 Å². The van der Waals surface area contributed by atoms with Crippen molar-refractivity contribution < 1.29 is 19.1 Å². The highest BCUT2D eigenvalue weighted by molar-refractivity contribution is 5.92. The van der Waals surface area contributed by atoms with Gasteiger partial charge in [0.1, 0.15) is 17.1 Å². The van der Waals surface area contributed by atoms with Crippen molar-refractivity contribution in [3.63, 3.8) is 0 Å². The predicted molar refractivity (Wildman–Crippen MR) is 149 cm³/mol. The first-order chi connectivity index (χ1) is 18.0. The predicted octanol–water partition coefficient (Wildman–Crippen LogP) is 7.68. The first-order valence-electron chi connectivity index (χ1n) is 13.4. The normalized spacial score (nSPS) is 10.7. The standard InChI is InChI=1S/C32H39NO4/c1-4-6-7-8-9-17-31(34)33(3)23-22-25-13-12-14-27(24-25)26-18-20-28(21-19-26)37-30-16-11-10-15-29(30)32(35)36-5-2/h10-16,18-21,24H,4-9,17,22-23H2,1-3H3. The van der Waals surface area contributed by atoms with Crippen LogP contribution in [0.15, 0.2) is 72.8 Å². The van der Waals surface area contributed by atoms with Gasteiger partial charge in [0.25, 0.3) is 0 Å². The zero-order chi connectivity index (χ0) is 26.5. The van der Waals surface area contributed by atoms with Crippen LogP contribution in [-0.4, -0.2) is 37.0 Å². The molecule has 0 aliphatic heterocycles. The van der Waals surface area contributed by atoms with Gasteiger partial charge in [-0.05, 0) is 60.7 Å². The molecule has 5 heteroatoms. The average molecular weight is 502 g/mol. The summed E-state index contributed by atoms with van der Waals surface area (Å²) in [5, 5.41) is 0. The number of likely N-dealkylation sites (N-methyl/N-ethyl adjacent to an activating group) is 1. The molecule has 0 saturated heterocycles. The van der Waals surface area contributed by atoms with Gasteiger partial charge in [-0.3, -0.25) is 4.79 Å². The third kappa shape index (κ3) is 8.78. The molecule has 0 heterocycles. The molecule has 0 aliphatic rings. The molecule has 3 aromatic carbocycles. The van der Waals surface area contributed by atoms with E-state index >= 15 is 0 Å². The van der Waals surface area contributed by atoms with Gasteiger partial charge in [0.15, 0.2) is 0 Å². The number of hydrogen-bond acceptors (Lipinski definition) is 4. The van der Waals surface area contributed by atoms with E-state index in [-0.39, 0.29) is 5.91 Å². The number of amides is 1. The summed E-state index contributed by atoms with van der Waals surface area (Å²) in [6.45, 7) is 5.01. The Morgan fingerprint density at radius 3 is 2.32 bits per heavy atom. The summed E-state index contributed by atoms with van der Waals surface area (Å²) < 4.78 is 11.1. The largest absolute Gasteiger partial charge is 0.462 e. The third-order valence-electron chi connectivity index (χ3n) is 6.38. The minimum atomic E-state index is -0.397. The van der Waals surface area contributed by atoms with Gasteiger partial charge in [-0.1, -0.05) is 81.1 Å². The molecular formula is C32H39NO4. The third-order valence-corrected chi connectivity index (χ3v) is 6.38. The molecule has 0 N–H and O–H groups in total. The van der Waals surface area contributed by atoms with E-state index in [0.717, 1.165) is 30.4 Å². The fourth-order valence-corrected chi connectivity index (χ4v) is 4.17. The summed E-state index contributed by atoms with van der Waals surface area (Å²) in [4.78, 5) is 26.5. The van der Waals surface area contributed by atoms with Crippen molar-refractivity contribution in [3.05, 3.63) is 83.9 Å². The van der Waals surface area contributed by atoms with E-state index in [1.54, 1.807) is 25.1 Å². The summed E-state index contributed by atoms with van der Waals surface area (Å²) in [5.74, 6) is 0.945. The molecule has 3 aromatic rings. The van der Waals surface area contributed by atoms with Crippen LogP contribution in [0.3, 0.4) is 0 Å². The summed E-state index contributed by atoms with van der Waals surface area (Å²) in [5.41, 5.74) is 3.79. The van der Waals surface area contributed by atoms with E-state index in [4.69, 9.17) is 9.47 Å². The molecule has 0 atom stereocenters. The van der Waals surface area contributed by atoms with Gasteiger partial charge in [-0.2, -0.15) is 0 Å². The summed E-state index contributed by atoms with van der Waals surface area (Å²) in [6, 6.07) is 23.3. The van der Waals surface area contributed by atoms with Crippen molar-refractivity contribution in [2.75, 3.05) is 20.2 Å². The molecule has 0 saturated carbocycles. The van der Waals surface area contributed by atoms with Crippen LogP contribution in [0.5, 0.6) is 11.5 Å². The van der Waals surface area contributed by atoms with Crippen LogP contribution in [0, 0.1) is 0 Å². The molecule has 1 amide bonds.